The lowest BCUT2D eigenvalue weighted by Crippen LogP contribution is -2.00. The highest BCUT2D eigenvalue weighted by Crippen LogP contribution is 2.07. The number of aliphatic hydroxyl groups is 2. The first-order valence-corrected chi connectivity index (χ1v) is 3.87. The van der Waals surface area contributed by atoms with Crippen molar-refractivity contribution in [3.05, 3.63) is 12.7 Å². The van der Waals surface area contributed by atoms with E-state index in [1.54, 1.807) is 6.08 Å². The van der Waals surface area contributed by atoms with Gasteiger partial charge in [0, 0.05) is 0 Å². The lowest BCUT2D eigenvalue weighted by Gasteiger charge is -1.92. The third kappa shape index (κ3) is 9.58. The van der Waals surface area contributed by atoms with Gasteiger partial charge in [0.2, 0.25) is 0 Å². The van der Waals surface area contributed by atoms with E-state index in [1.165, 1.54) is 0 Å². The minimum Gasteiger partial charge on any atom is -0.394 e. The molecule has 2 N–H and O–H groups in total. The molecule has 12 heavy (non-hydrogen) atoms. The highest BCUT2D eigenvalue weighted by Gasteiger charge is 2.21. The zero-order valence-electron chi connectivity index (χ0n) is 7.11. The molecule has 0 spiro atoms. The normalized spacial score (nSPS) is 19.3. The number of hydrogen-bond acceptors (Lipinski definition) is 4. The largest absolute Gasteiger partial charge is 0.394 e. The van der Waals surface area contributed by atoms with Crippen molar-refractivity contribution >= 4 is 0 Å². The van der Waals surface area contributed by atoms with Crippen molar-refractivity contribution in [2.45, 2.75) is 6.10 Å². The predicted molar refractivity (Wildman–Crippen MR) is 44.9 cm³/mol. The first-order chi connectivity index (χ1) is 5.85. The van der Waals surface area contributed by atoms with Crippen LogP contribution in [0.25, 0.3) is 0 Å². The Bertz CT molecular complexity index is 99.2. The van der Waals surface area contributed by atoms with Gasteiger partial charge in [-0.05, 0) is 0 Å². The van der Waals surface area contributed by atoms with E-state index in [0.717, 1.165) is 13.2 Å². The fourth-order valence-corrected chi connectivity index (χ4v) is 0.447. The molecule has 1 atom stereocenters. The lowest BCUT2D eigenvalue weighted by atomic mass is 10.5. The molecule has 72 valence electrons. The highest BCUT2D eigenvalue weighted by molar-refractivity contribution is 4.70. The zero-order chi connectivity index (χ0) is 9.23. The molecule has 4 nitrogen and oxygen atoms in total. The number of hydrogen-bond donors (Lipinski definition) is 2. The summed E-state index contributed by atoms with van der Waals surface area (Å²) >= 11 is 0. The Labute approximate surface area is 72.4 Å². The van der Waals surface area contributed by atoms with Crippen LogP contribution in [0.5, 0.6) is 0 Å². The Kier molecular flexibility index (Phi) is 8.37. The monoisotopic (exact) mass is 176 g/mol. The molecule has 0 radical (unpaired) electrons. The SMILES string of the molecule is C=CCOCC1CO1.OCCO. The molecule has 1 aliphatic heterocycles. The topological polar surface area (TPSA) is 62.2 Å². The quantitative estimate of drug-likeness (QED) is 0.338. The van der Waals surface area contributed by atoms with Crippen molar-refractivity contribution in [2.75, 3.05) is 33.0 Å². The van der Waals surface area contributed by atoms with Crippen LogP contribution in [0.3, 0.4) is 0 Å². The van der Waals surface area contributed by atoms with Gasteiger partial charge >= 0.3 is 0 Å². The van der Waals surface area contributed by atoms with Crippen LogP contribution in [0, 0.1) is 0 Å². The minimum atomic E-state index is -0.125. The maximum absolute atomic E-state index is 7.62. The average Bonchev–Trinajstić information content (AvgIpc) is 2.89. The van der Waals surface area contributed by atoms with Crippen LogP contribution in [0.1, 0.15) is 0 Å². The van der Waals surface area contributed by atoms with E-state index in [2.05, 4.69) is 6.58 Å². The van der Waals surface area contributed by atoms with Gasteiger partial charge in [0.25, 0.3) is 0 Å². The molecule has 1 rings (SSSR count). The van der Waals surface area contributed by atoms with Crippen LogP contribution >= 0.6 is 0 Å². The fraction of sp³-hybridized carbons (Fsp3) is 0.750. The second-order valence-electron chi connectivity index (χ2n) is 2.23. The average molecular weight is 176 g/mol. The minimum absolute atomic E-state index is 0.125. The van der Waals surface area contributed by atoms with Gasteiger partial charge in [-0.25, -0.2) is 0 Å². The standard InChI is InChI=1S/C6H10O2.C2H6O2/c1-2-3-7-4-6-5-8-6;3-1-2-4/h2,6H,1,3-5H2;3-4H,1-2H2. The van der Waals surface area contributed by atoms with E-state index in [-0.39, 0.29) is 13.2 Å². The fourth-order valence-electron chi connectivity index (χ4n) is 0.447. The maximum atomic E-state index is 7.62. The molecule has 1 fully saturated rings. The molecule has 1 heterocycles. The van der Waals surface area contributed by atoms with Gasteiger partial charge in [0.15, 0.2) is 0 Å². The van der Waals surface area contributed by atoms with E-state index in [9.17, 15) is 0 Å². The maximum Gasteiger partial charge on any atom is 0.104 e. The molecule has 4 heteroatoms. The molecule has 1 saturated heterocycles. The van der Waals surface area contributed by atoms with Crippen molar-refractivity contribution in [3.8, 4) is 0 Å². The number of epoxide rings is 1. The molecule has 0 aliphatic carbocycles. The van der Waals surface area contributed by atoms with Crippen LogP contribution in [-0.4, -0.2) is 49.4 Å². The summed E-state index contributed by atoms with van der Waals surface area (Å²) in [5, 5.41) is 15.2. The van der Waals surface area contributed by atoms with Crippen molar-refractivity contribution < 1.29 is 19.7 Å². The van der Waals surface area contributed by atoms with Crippen molar-refractivity contribution in [1.29, 1.82) is 0 Å². The molecule has 0 aromatic heterocycles. The predicted octanol–water partition coefficient (Wildman–Crippen LogP) is -0.441. The van der Waals surface area contributed by atoms with E-state index >= 15 is 0 Å². The molecular formula is C8H16O4. The molecule has 1 aliphatic rings. The summed E-state index contributed by atoms with van der Waals surface area (Å²) in [6.45, 7) is 5.50. The Morgan fingerprint density at radius 2 is 2.08 bits per heavy atom. The van der Waals surface area contributed by atoms with Gasteiger partial charge < -0.3 is 19.7 Å². The number of rotatable bonds is 5. The third-order valence-electron chi connectivity index (χ3n) is 1.04. The van der Waals surface area contributed by atoms with Gasteiger partial charge in [-0.15, -0.1) is 6.58 Å². The molecule has 0 aromatic carbocycles. The van der Waals surface area contributed by atoms with Crippen LogP contribution in [0.2, 0.25) is 0 Å². The summed E-state index contributed by atoms with van der Waals surface area (Å²) in [7, 11) is 0. The Morgan fingerprint density at radius 3 is 2.42 bits per heavy atom. The summed E-state index contributed by atoms with van der Waals surface area (Å²) in [4.78, 5) is 0. The van der Waals surface area contributed by atoms with Gasteiger partial charge in [0.1, 0.15) is 6.10 Å². The second kappa shape index (κ2) is 8.67. The van der Waals surface area contributed by atoms with Crippen LogP contribution in [0.15, 0.2) is 12.7 Å². The van der Waals surface area contributed by atoms with Gasteiger partial charge in [-0.1, -0.05) is 6.08 Å². The first kappa shape index (κ1) is 11.6. The van der Waals surface area contributed by atoms with E-state index < -0.39 is 0 Å². The van der Waals surface area contributed by atoms with Gasteiger partial charge in [-0.2, -0.15) is 0 Å². The van der Waals surface area contributed by atoms with Crippen molar-refractivity contribution in [1.82, 2.24) is 0 Å². The molecule has 0 aromatic rings. The van der Waals surface area contributed by atoms with E-state index in [0.29, 0.717) is 12.7 Å². The summed E-state index contributed by atoms with van der Waals surface area (Å²) in [6.07, 6.45) is 2.12. The summed E-state index contributed by atoms with van der Waals surface area (Å²) in [5.41, 5.74) is 0. The Balaban J connectivity index is 0.000000261. The summed E-state index contributed by atoms with van der Waals surface area (Å²) in [5.74, 6) is 0. The number of ether oxygens (including phenoxy) is 2. The lowest BCUT2D eigenvalue weighted by molar-refractivity contribution is 0.141. The zero-order valence-corrected chi connectivity index (χ0v) is 7.11. The Hall–Kier alpha value is -0.420. The molecular weight excluding hydrogens is 160 g/mol. The highest BCUT2D eigenvalue weighted by atomic mass is 16.6. The molecule has 0 saturated carbocycles. The first-order valence-electron chi connectivity index (χ1n) is 3.87. The van der Waals surface area contributed by atoms with Crippen LogP contribution in [0.4, 0.5) is 0 Å². The summed E-state index contributed by atoms with van der Waals surface area (Å²) < 4.78 is 9.96. The molecule has 0 bridgehead atoms. The van der Waals surface area contributed by atoms with Gasteiger partial charge in [-0.3, -0.25) is 0 Å². The summed E-state index contributed by atoms with van der Waals surface area (Å²) in [6, 6.07) is 0. The second-order valence-corrected chi connectivity index (χ2v) is 2.23. The van der Waals surface area contributed by atoms with Crippen molar-refractivity contribution in [2.24, 2.45) is 0 Å². The molecule has 1 unspecified atom stereocenters. The molecule has 0 amide bonds. The number of aliphatic hydroxyl groups excluding tert-OH is 2. The van der Waals surface area contributed by atoms with Crippen LogP contribution < -0.4 is 0 Å². The Morgan fingerprint density at radius 1 is 1.50 bits per heavy atom. The smallest absolute Gasteiger partial charge is 0.104 e. The third-order valence-corrected chi connectivity index (χ3v) is 1.04. The van der Waals surface area contributed by atoms with E-state index in [1.807, 2.05) is 0 Å². The van der Waals surface area contributed by atoms with E-state index in [4.69, 9.17) is 19.7 Å². The van der Waals surface area contributed by atoms with Crippen molar-refractivity contribution in [3.63, 3.8) is 0 Å². The van der Waals surface area contributed by atoms with Crippen LogP contribution in [-0.2, 0) is 9.47 Å². The van der Waals surface area contributed by atoms with Gasteiger partial charge in [0.05, 0.1) is 33.0 Å².